The molecule has 1 heterocycles. The summed E-state index contributed by atoms with van der Waals surface area (Å²) >= 11 is 0. The molecule has 0 aromatic rings. The van der Waals surface area contributed by atoms with Gasteiger partial charge in [0.15, 0.2) is 0 Å². The topological polar surface area (TPSA) is 41.6 Å². The predicted octanol–water partition coefficient (Wildman–Crippen LogP) is 2.96. The zero-order chi connectivity index (χ0) is 16.0. The van der Waals surface area contributed by atoms with Crippen LogP contribution in [0.5, 0.6) is 0 Å². The monoisotopic (exact) mass is 298 g/mol. The maximum absolute atomic E-state index is 12.2. The zero-order valence-corrected chi connectivity index (χ0v) is 14.7. The molecule has 1 aliphatic rings. The average Bonchev–Trinajstić information content (AvgIpc) is 2.45. The van der Waals surface area contributed by atoms with Gasteiger partial charge in [-0.15, -0.1) is 0 Å². The number of rotatable bonds is 7. The number of hydrogen-bond donors (Lipinski definition) is 1. The van der Waals surface area contributed by atoms with Crippen molar-refractivity contribution in [3.05, 3.63) is 0 Å². The molecule has 0 amide bonds. The SMILES string of the molecule is CCC1CCCCN1C(C)CC(C)(NC(C)C)C(=O)OC. The van der Waals surface area contributed by atoms with E-state index in [9.17, 15) is 4.79 Å². The van der Waals surface area contributed by atoms with E-state index in [-0.39, 0.29) is 12.0 Å². The van der Waals surface area contributed by atoms with Crippen LogP contribution in [0.4, 0.5) is 0 Å². The summed E-state index contributed by atoms with van der Waals surface area (Å²) in [4.78, 5) is 14.8. The Labute approximate surface area is 130 Å². The molecule has 1 rings (SSSR count). The molecule has 1 saturated heterocycles. The molecule has 0 aromatic carbocycles. The Bertz CT molecular complexity index is 333. The van der Waals surface area contributed by atoms with Crippen molar-refractivity contribution >= 4 is 5.97 Å². The van der Waals surface area contributed by atoms with E-state index < -0.39 is 5.54 Å². The van der Waals surface area contributed by atoms with Gasteiger partial charge in [-0.25, -0.2) is 0 Å². The van der Waals surface area contributed by atoms with Crippen LogP contribution in [0.1, 0.15) is 66.7 Å². The molecule has 1 aliphatic heterocycles. The number of piperidine rings is 1. The Hall–Kier alpha value is -0.610. The van der Waals surface area contributed by atoms with Crippen LogP contribution in [0.3, 0.4) is 0 Å². The van der Waals surface area contributed by atoms with Crippen LogP contribution < -0.4 is 5.32 Å². The van der Waals surface area contributed by atoms with Gasteiger partial charge < -0.3 is 4.74 Å². The van der Waals surface area contributed by atoms with E-state index in [2.05, 4.69) is 37.9 Å². The highest BCUT2D eigenvalue weighted by Crippen LogP contribution is 2.26. The van der Waals surface area contributed by atoms with E-state index >= 15 is 0 Å². The van der Waals surface area contributed by atoms with Crippen molar-refractivity contribution in [2.24, 2.45) is 0 Å². The fourth-order valence-corrected chi connectivity index (χ4v) is 3.81. The van der Waals surface area contributed by atoms with Gasteiger partial charge in [0.2, 0.25) is 0 Å². The molecule has 1 fully saturated rings. The van der Waals surface area contributed by atoms with Crippen LogP contribution in [0.25, 0.3) is 0 Å². The maximum atomic E-state index is 12.2. The Kier molecular flexibility index (Phi) is 7.14. The summed E-state index contributed by atoms with van der Waals surface area (Å²) in [5.74, 6) is -0.159. The smallest absolute Gasteiger partial charge is 0.325 e. The lowest BCUT2D eigenvalue weighted by molar-refractivity contribution is -0.149. The van der Waals surface area contributed by atoms with Gasteiger partial charge in [-0.3, -0.25) is 15.0 Å². The number of carbonyl (C=O) groups excluding carboxylic acids is 1. The molecule has 0 radical (unpaired) electrons. The predicted molar refractivity (Wildman–Crippen MR) is 87.4 cm³/mol. The molecule has 3 unspecified atom stereocenters. The van der Waals surface area contributed by atoms with E-state index in [1.165, 1.54) is 32.8 Å². The first-order valence-electron chi connectivity index (χ1n) is 8.46. The number of esters is 1. The fraction of sp³-hybridized carbons (Fsp3) is 0.941. The first-order chi connectivity index (χ1) is 9.84. The standard InChI is InChI=1S/C17H34N2O2/c1-7-15-10-8-9-11-19(15)14(4)12-17(5,16(20)21-6)18-13(2)3/h13-15,18H,7-12H2,1-6H3. The first-order valence-corrected chi connectivity index (χ1v) is 8.46. The van der Waals surface area contributed by atoms with Crippen LogP contribution in [-0.2, 0) is 9.53 Å². The van der Waals surface area contributed by atoms with Crippen molar-refractivity contribution in [1.82, 2.24) is 10.2 Å². The van der Waals surface area contributed by atoms with Gasteiger partial charge in [0.05, 0.1) is 7.11 Å². The third-order valence-corrected chi connectivity index (χ3v) is 4.66. The second-order valence-corrected chi connectivity index (χ2v) is 6.97. The lowest BCUT2D eigenvalue weighted by atomic mass is 9.89. The third-order valence-electron chi connectivity index (χ3n) is 4.66. The summed E-state index contributed by atoms with van der Waals surface area (Å²) in [6, 6.07) is 1.30. The molecule has 4 heteroatoms. The van der Waals surface area contributed by atoms with Gasteiger partial charge in [-0.05, 0) is 59.9 Å². The molecular weight excluding hydrogens is 264 g/mol. The minimum absolute atomic E-state index is 0.159. The molecule has 0 aliphatic carbocycles. The van der Waals surface area contributed by atoms with Crippen molar-refractivity contribution in [2.45, 2.75) is 90.4 Å². The highest BCUT2D eigenvalue weighted by Gasteiger charge is 2.38. The lowest BCUT2D eigenvalue weighted by Crippen LogP contribution is -2.57. The average molecular weight is 298 g/mol. The first kappa shape index (κ1) is 18.4. The molecule has 21 heavy (non-hydrogen) atoms. The third kappa shape index (κ3) is 4.96. The fourth-order valence-electron chi connectivity index (χ4n) is 3.81. The van der Waals surface area contributed by atoms with Crippen LogP contribution in [-0.4, -0.2) is 48.2 Å². The van der Waals surface area contributed by atoms with Gasteiger partial charge >= 0.3 is 5.97 Å². The number of methoxy groups -OCH3 is 1. The van der Waals surface area contributed by atoms with Crippen molar-refractivity contribution in [1.29, 1.82) is 0 Å². The highest BCUT2D eigenvalue weighted by atomic mass is 16.5. The molecule has 0 aromatic heterocycles. The number of carbonyl (C=O) groups is 1. The van der Waals surface area contributed by atoms with Crippen LogP contribution in [0.2, 0.25) is 0 Å². The summed E-state index contributed by atoms with van der Waals surface area (Å²) in [5, 5.41) is 3.41. The van der Waals surface area contributed by atoms with Crippen molar-refractivity contribution < 1.29 is 9.53 Å². The van der Waals surface area contributed by atoms with Crippen LogP contribution in [0.15, 0.2) is 0 Å². The lowest BCUT2D eigenvalue weighted by Gasteiger charge is -2.42. The number of likely N-dealkylation sites (tertiary alicyclic amines) is 1. The van der Waals surface area contributed by atoms with Crippen LogP contribution in [0, 0.1) is 0 Å². The van der Waals surface area contributed by atoms with Gasteiger partial charge in [-0.1, -0.05) is 13.3 Å². The van der Waals surface area contributed by atoms with Crippen molar-refractivity contribution in [3.63, 3.8) is 0 Å². The molecular formula is C17H34N2O2. The number of nitrogens with zero attached hydrogens (tertiary/aromatic N) is 1. The minimum atomic E-state index is -0.613. The summed E-state index contributed by atoms with van der Waals surface area (Å²) in [7, 11) is 1.48. The van der Waals surface area contributed by atoms with Crippen LogP contribution >= 0.6 is 0 Å². The molecule has 3 atom stereocenters. The molecule has 124 valence electrons. The van der Waals surface area contributed by atoms with E-state index in [0.29, 0.717) is 12.1 Å². The van der Waals surface area contributed by atoms with Gasteiger partial charge in [0.1, 0.15) is 5.54 Å². The second-order valence-electron chi connectivity index (χ2n) is 6.97. The Morgan fingerprint density at radius 3 is 2.57 bits per heavy atom. The number of hydrogen-bond acceptors (Lipinski definition) is 4. The molecule has 0 saturated carbocycles. The number of ether oxygens (including phenoxy) is 1. The van der Waals surface area contributed by atoms with Gasteiger partial charge in [0, 0.05) is 18.1 Å². The highest BCUT2D eigenvalue weighted by molar-refractivity contribution is 5.80. The molecule has 4 nitrogen and oxygen atoms in total. The van der Waals surface area contributed by atoms with E-state index in [1.807, 2.05) is 6.92 Å². The summed E-state index contributed by atoms with van der Waals surface area (Å²) in [5.41, 5.74) is -0.613. The van der Waals surface area contributed by atoms with E-state index in [1.54, 1.807) is 0 Å². The minimum Gasteiger partial charge on any atom is -0.468 e. The molecule has 0 spiro atoms. The van der Waals surface area contributed by atoms with Gasteiger partial charge in [-0.2, -0.15) is 0 Å². The Morgan fingerprint density at radius 1 is 1.38 bits per heavy atom. The van der Waals surface area contributed by atoms with Crippen molar-refractivity contribution in [3.8, 4) is 0 Å². The van der Waals surface area contributed by atoms with Crippen molar-refractivity contribution in [2.75, 3.05) is 13.7 Å². The Balaban J connectivity index is 2.79. The zero-order valence-electron chi connectivity index (χ0n) is 14.7. The summed E-state index contributed by atoms with van der Waals surface area (Å²) in [6.45, 7) is 11.8. The number of nitrogens with one attached hydrogen (secondary N) is 1. The maximum Gasteiger partial charge on any atom is 0.325 e. The van der Waals surface area contributed by atoms with Gasteiger partial charge in [0.25, 0.3) is 0 Å². The van der Waals surface area contributed by atoms with E-state index in [4.69, 9.17) is 4.74 Å². The Morgan fingerprint density at radius 2 is 2.05 bits per heavy atom. The normalized spacial score (nSPS) is 24.6. The quantitative estimate of drug-likeness (QED) is 0.734. The molecule has 1 N–H and O–H groups in total. The second kappa shape index (κ2) is 8.14. The van der Waals surface area contributed by atoms with E-state index in [0.717, 1.165) is 13.0 Å². The molecule has 0 bridgehead atoms. The largest absolute Gasteiger partial charge is 0.468 e. The summed E-state index contributed by atoms with van der Waals surface area (Å²) < 4.78 is 5.04. The summed E-state index contributed by atoms with van der Waals surface area (Å²) in [6.07, 6.45) is 5.87.